The Morgan fingerprint density at radius 2 is 2.00 bits per heavy atom. The fourth-order valence-corrected chi connectivity index (χ4v) is 3.83. The molecule has 1 unspecified atom stereocenters. The molecule has 0 radical (unpaired) electrons. The van der Waals surface area contributed by atoms with Crippen molar-refractivity contribution >= 4 is 0 Å². The zero-order valence-electron chi connectivity index (χ0n) is 16.4. The molecule has 0 N–H and O–H groups in total. The molecule has 2 heterocycles. The Morgan fingerprint density at radius 1 is 1.15 bits per heavy atom. The SMILES string of the molecule is CCOc1ccccc1CN1CCN(CCc2ccnn2CC)C(C)C1. The minimum atomic E-state index is 0.570. The van der Waals surface area contributed by atoms with Crippen LogP contribution < -0.4 is 4.74 Å². The average Bonchev–Trinajstić information content (AvgIpc) is 3.10. The Morgan fingerprint density at radius 3 is 2.77 bits per heavy atom. The van der Waals surface area contributed by atoms with Gasteiger partial charge in [0.05, 0.1) is 6.61 Å². The molecule has 0 bridgehead atoms. The lowest BCUT2D eigenvalue weighted by Crippen LogP contribution is -2.51. The summed E-state index contributed by atoms with van der Waals surface area (Å²) in [4.78, 5) is 5.16. The van der Waals surface area contributed by atoms with Crippen LogP contribution in [0.4, 0.5) is 0 Å². The van der Waals surface area contributed by atoms with Crippen molar-refractivity contribution in [3.63, 3.8) is 0 Å². The first kappa shape index (κ1) is 18.9. The molecule has 142 valence electrons. The van der Waals surface area contributed by atoms with Crippen molar-refractivity contribution in [3.8, 4) is 5.75 Å². The number of para-hydroxylation sites is 1. The highest BCUT2D eigenvalue weighted by Gasteiger charge is 2.24. The predicted molar refractivity (Wildman–Crippen MR) is 106 cm³/mol. The van der Waals surface area contributed by atoms with E-state index in [9.17, 15) is 0 Å². The topological polar surface area (TPSA) is 33.5 Å². The van der Waals surface area contributed by atoms with E-state index in [4.69, 9.17) is 4.74 Å². The zero-order valence-corrected chi connectivity index (χ0v) is 16.4. The molecule has 1 atom stereocenters. The summed E-state index contributed by atoms with van der Waals surface area (Å²) in [5.41, 5.74) is 2.63. The Hall–Kier alpha value is -1.85. The number of aryl methyl sites for hydroxylation is 1. The normalized spacial score (nSPS) is 19.0. The third kappa shape index (κ3) is 4.65. The number of nitrogens with zero attached hydrogens (tertiary/aromatic N) is 4. The molecule has 1 aromatic carbocycles. The van der Waals surface area contributed by atoms with Gasteiger partial charge < -0.3 is 4.74 Å². The van der Waals surface area contributed by atoms with Crippen molar-refractivity contribution in [1.29, 1.82) is 0 Å². The number of aromatic nitrogens is 2. The molecule has 0 saturated carbocycles. The van der Waals surface area contributed by atoms with Crippen LogP contribution in [0.15, 0.2) is 36.5 Å². The Kier molecular flexibility index (Phi) is 6.69. The maximum Gasteiger partial charge on any atom is 0.123 e. The first-order valence-corrected chi connectivity index (χ1v) is 9.89. The lowest BCUT2D eigenvalue weighted by Gasteiger charge is -2.40. The lowest BCUT2D eigenvalue weighted by molar-refractivity contribution is 0.0789. The molecule has 1 aliphatic rings. The van der Waals surface area contributed by atoms with E-state index in [-0.39, 0.29) is 0 Å². The summed E-state index contributed by atoms with van der Waals surface area (Å²) in [5, 5.41) is 4.38. The second-order valence-electron chi connectivity index (χ2n) is 7.05. The van der Waals surface area contributed by atoms with Crippen LogP contribution in [0.1, 0.15) is 32.0 Å². The van der Waals surface area contributed by atoms with Gasteiger partial charge >= 0.3 is 0 Å². The maximum absolute atomic E-state index is 5.78. The number of ether oxygens (including phenoxy) is 1. The van der Waals surface area contributed by atoms with Gasteiger partial charge in [0.15, 0.2) is 0 Å². The second-order valence-corrected chi connectivity index (χ2v) is 7.05. The highest BCUT2D eigenvalue weighted by molar-refractivity contribution is 5.33. The van der Waals surface area contributed by atoms with Gasteiger partial charge in [-0.2, -0.15) is 5.10 Å². The molecule has 1 saturated heterocycles. The van der Waals surface area contributed by atoms with Crippen LogP contribution >= 0.6 is 0 Å². The summed E-state index contributed by atoms with van der Waals surface area (Å²) >= 11 is 0. The van der Waals surface area contributed by atoms with Crippen LogP contribution in [-0.4, -0.2) is 58.4 Å². The molecular formula is C21H32N4O. The monoisotopic (exact) mass is 356 g/mol. The standard InChI is InChI=1S/C21H32N4O/c1-4-25-20(10-12-22-25)11-13-24-15-14-23(16-18(24)3)17-19-8-6-7-9-21(19)26-5-2/h6-10,12,18H,4-5,11,13-17H2,1-3H3. The highest BCUT2D eigenvalue weighted by atomic mass is 16.5. The van der Waals surface area contributed by atoms with Crippen LogP contribution in [-0.2, 0) is 19.5 Å². The van der Waals surface area contributed by atoms with E-state index in [0.29, 0.717) is 6.04 Å². The molecular weight excluding hydrogens is 324 g/mol. The Labute approximate surface area is 157 Å². The van der Waals surface area contributed by atoms with Gasteiger partial charge in [-0.15, -0.1) is 0 Å². The zero-order chi connectivity index (χ0) is 18.4. The first-order valence-electron chi connectivity index (χ1n) is 9.89. The van der Waals surface area contributed by atoms with E-state index in [0.717, 1.165) is 58.0 Å². The van der Waals surface area contributed by atoms with Gasteiger partial charge in [0.2, 0.25) is 0 Å². The summed E-state index contributed by atoms with van der Waals surface area (Å²) in [6.45, 7) is 13.6. The molecule has 1 aromatic heterocycles. The maximum atomic E-state index is 5.78. The van der Waals surface area contributed by atoms with Crippen LogP contribution in [0, 0.1) is 0 Å². The van der Waals surface area contributed by atoms with Crippen molar-refractivity contribution in [2.24, 2.45) is 0 Å². The van der Waals surface area contributed by atoms with E-state index < -0.39 is 0 Å². The summed E-state index contributed by atoms with van der Waals surface area (Å²) in [5.74, 6) is 1.03. The first-order chi connectivity index (χ1) is 12.7. The van der Waals surface area contributed by atoms with Gasteiger partial charge in [-0.25, -0.2) is 0 Å². The fourth-order valence-electron chi connectivity index (χ4n) is 3.83. The number of hydrogen-bond donors (Lipinski definition) is 0. The van der Waals surface area contributed by atoms with E-state index in [1.165, 1.54) is 11.3 Å². The molecule has 0 amide bonds. The van der Waals surface area contributed by atoms with E-state index in [1.807, 2.05) is 13.1 Å². The smallest absolute Gasteiger partial charge is 0.123 e. The summed E-state index contributed by atoms with van der Waals surface area (Å²) in [6, 6.07) is 11.1. The van der Waals surface area contributed by atoms with Crippen molar-refractivity contribution in [2.75, 3.05) is 32.8 Å². The molecule has 1 aliphatic heterocycles. The minimum absolute atomic E-state index is 0.570. The van der Waals surface area contributed by atoms with Crippen LogP contribution in [0.5, 0.6) is 5.75 Å². The van der Waals surface area contributed by atoms with Crippen molar-refractivity contribution in [1.82, 2.24) is 19.6 Å². The number of benzene rings is 1. The average molecular weight is 357 g/mol. The largest absolute Gasteiger partial charge is 0.494 e. The number of piperazine rings is 1. The molecule has 0 spiro atoms. The van der Waals surface area contributed by atoms with Gasteiger partial charge in [-0.05, 0) is 32.9 Å². The lowest BCUT2D eigenvalue weighted by atomic mass is 10.1. The fraction of sp³-hybridized carbons (Fsp3) is 0.571. The molecule has 26 heavy (non-hydrogen) atoms. The molecule has 1 fully saturated rings. The summed E-state index contributed by atoms with van der Waals surface area (Å²) < 4.78 is 7.89. The second kappa shape index (κ2) is 9.19. The minimum Gasteiger partial charge on any atom is -0.494 e. The van der Waals surface area contributed by atoms with Crippen molar-refractivity contribution in [2.45, 2.75) is 46.3 Å². The van der Waals surface area contributed by atoms with Crippen molar-refractivity contribution < 1.29 is 4.74 Å². The molecule has 5 nitrogen and oxygen atoms in total. The van der Waals surface area contributed by atoms with Gasteiger partial charge in [0, 0.05) is 69.2 Å². The quantitative estimate of drug-likeness (QED) is 0.728. The third-order valence-electron chi connectivity index (χ3n) is 5.27. The van der Waals surface area contributed by atoms with E-state index >= 15 is 0 Å². The van der Waals surface area contributed by atoms with Gasteiger partial charge in [0.25, 0.3) is 0 Å². The molecule has 5 heteroatoms. The van der Waals surface area contributed by atoms with Gasteiger partial charge in [-0.3, -0.25) is 14.5 Å². The summed E-state index contributed by atoms with van der Waals surface area (Å²) in [7, 11) is 0. The number of hydrogen-bond acceptors (Lipinski definition) is 4. The van der Waals surface area contributed by atoms with Gasteiger partial charge in [0.1, 0.15) is 5.75 Å². The van der Waals surface area contributed by atoms with E-state index in [1.54, 1.807) is 0 Å². The van der Waals surface area contributed by atoms with Crippen molar-refractivity contribution in [3.05, 3.63) is 47.8 Å². The molecule has 3 rings (SSSR count). The Balaban J connectivity index is 1.52. The molecule has 0 aliphatic carbocycles. The van der Waals surface area contributed by atoms with Crippen LogP contribution in [0.25, 0.3) is 0 Å². The Bertz CT molecular complexity index is 684. The highest BCUT2D eigenvalue weighted by Crippen LogP contribution is 2.21. The van der Waals surface area contributed by atoms with E-state index in [2.05, 4.69) is 63.8 Å². The third-order valence-corrected chi connectivity index (χ3v) is 5.27. The van der Waals surface area contributed by atoms with Gasteiger partial charge in [-0.1, -0.05) is 18.2 Å². The van der Waals surface area contributed by atoms with Crippen LogP contribution in [0.3, 0.4) is 0 Å². The number of rotatable bonds is 8. The van der Waals surface area contributed by atoms with Crippen LogP contribution in [0.2, 0.25) is 0 Å². The molecule has 2 aromatic rings. The predicted octanol–water partition coefficient (Wildman–Crippen LogP) is 3.05. The summed E-state index contributed by atoms with van der Waals surface area (Å²) in [6.07, 6.45) is 2.99.